The number of rotatable bonds is 3. The minimum Gasteiger partial charge on any atom is -0.441 e. The zero-order chi connectivity index (χ0) is 19.0. The van der Waals surface area contributed by atoms with Crippen LogP contribution in [0.4, 0.5) is 11.6 Å². The number of anilines is 2. The van der Waals surface area contributed by atoms with E-state index in [1.807, 2.05) is 25.1 Å². The molecule has 2 fully saturated rings. The zero-order valence-electron chi connectivity index (χ0n) is 14.9. The minimum absolute atomic E-state index is 0.00787. The van der Waals surface area contributed by atoms with Gasteiger partial charge in [0.25, 0.3) is 11.8 Å². The average molecular weight is 381 g/mol. The number of hydrogen-bond acceptors (Lipinski definition) is 5. The Morgan fingerprint density at radius 3 is 2.48 bits per heavy atom. The molecule has 0 atom stereocenters. The number of nitrogens with zero attached hydrogens (tertiary/aromatic N) is 2. The van der Waals surface area contributed by atoms with Gasteiger partial charge in [-0.3, -0.25) is 19.8 Å². The Kier molecular flexibility index (Phi) is 4.53. The van der Waals surface area contributed by atoms with E-state index in [-0.39, 0.29) is 10.7 Å². The third kappa shape index (κ3) is 3.38. The minimum atomic E-state index is -0.521. The smallest absolute Gasteiger partial charge is 0.270 e. The van der Waals surface area contributed by atoms with E-state index in [0.29, 0.717) is 11.4 Å². The molecule has 1 N–H and O–H groups in total. The monoisotopic (exact) mass is 381 g/mol. The maximum atomic E-state index is 13.0. The zero-order valence-corrected chi connectivity index (χ0v) is 15.7. The third-order valence-electron chi connectivity index (χ3n) is 4.71. The molecule has 2 amide bonds. The molecule has 0 unspecified atom stereocenters. The van der Waals surface area contributed by atoms with Crippen LogP contribution >= 0.6 is 12.2 Å². The third-order valence-corrected chi connectivity index (χ3v) is 5.00. The van der Waals surface area contributed by atoms with Gasteiger partial charge < -0.3 is 9.32 Å². The fourth-order valence-electron chi connectivity index (χ4n) is 3.26. The molecule has 2 saturated heterocycles. The van der Waals surface area contributed by atoms with E-state index in [0.717, 1.165) is 37.4 Å². The number of amides is 2. The molecular weight excluding hydrogens is 362 g/mol. The molecule has 0 saturated carbocycles. The SMILES string of the molecule is Cc1ccc(N2C(=O)/C(=C/c3ccc(N4CCCC4)o3)C(=O)NC2=S)cc1. The standard InChI is InChI=1S/C20H19N3O3S/c1-13-4-6-14(7-5-13)23-19(25)16(18(24)21-20(23)27)12-15-8-9-17(26-15)22-10-2-3-11-22/h4-9,12H,2-3,10-11H2,1H3,(H,21,24,27)/b16-12+. The van der Waals surface area contributed by atoms with Gasteiger partial charge in [0, 0.05) is 19.2 Å². The summed E-state index contributed by atoms with van der Waals surface area (Å²) in [6.07, 6.45) is 3.75. The van der Waals surface area contributed by atoms with E-state index in [1.54, 1.807) is 18.2 Å². The van der Waals surface area contributed by atoms with Gasteiger partial charge in [-0.1, -0.05) is 17.7 Å². The maximum absolute atomic E-state index is 13.0. The first kappa shape index (κ1) is 17.5. The molecule has 7 heteroatoms. The largest absolute Gasteiger partial charge is 0.441 e. The second kappa shape index (κ2) is 7.00. The summed E-state index contributed by atoms with van der Waals surface area (Å²) in [4.78, 5) is 28.8. The molecule has 0 aliphatic carbocycles. The number of benzene rings is 1. The Labute approximate surface area is 162 Å². The van der Waals surface area contributed by atoms with Crippen molar-refractivity contribution in [2.45, 2.75) is 19.8 Å². The van der Waals surface area contributed by atoms with E-state index in [2.05, 4.69) is 10.2 Å². The second-order valence-electron chi connectivity index (χ2n) is 6.66. The van der Waals surface area contributed by atoms with Crippen LogP contribution in [0.15, 0.2) is 46.4 Å². The van der Waals surface area contributed by atoms with Gasteiger partial charge in [0.05, 0.1) is 5.69 Å². The summed E-state index contributed by atoms with van der Waals surface area (Å²) in [6.45, 7) is 3.87. The van der Waals surface area contributed by atoms with E-state index in [4.69, 9.17) is 16.6 Å². The summed E-state index contributed by atoms with van der Waals surface area (Å²) in [6, 6.07) is 11.0. The lowest BCUT2D eigenvalue weighted by Crippen LogP contribution is -2.54. The highest BCUT2D eigenvalue weighted by atomic mass is 32.1. The predicted octanol–water partition coefficient (Wildman–Crippen LogP) is 3.02. The fraction of sp³-hybridized carbons (Fsp3) is 0.250. The van der Waals surface area contributed by atoms with Crippen molar-refractivity contribution in [1.82, 2.24) is 5.32 Å². The van der Waals surface area contributed by atoms with Crippen LogP contribution < -0.4 is 15.1 Å². The lowest BCUT2D eigenvalue weighted by atomic mass is 10.1. The highest BCUT2D eigenvalue weighted by Gasteiger charge is 2.34. The molecule has 0 spiro atoms. The van der Waals surface area contributed by atoms with E-state index < -0.39 is 11.8 Å². The average Bonchev–Trinajstić information content (AvgIpc) is 3.31. The van der Waals surface area contributed by atoms with Crippen LogP contribution in [0, 0.1) is 6.92 Å². The van der Waals surface area contributed by atoms with Crippen molar-refractivity contribution in [2.75, 3.05) is 22.9 Å². The summed E-state index contributed by atoms with van der Waals surface area (Å²) in [7, 11) is 0. The molecule has 3 heterocycles. The molecule has 6 nitrogen and oxygen atoms in total. The summed E-state index contributed by atoms with van der Waals surface area (Å²) in [5, 5.41) is 2.65. The molecular formula is C20H19N3O3S. The van der Waals surface area contributed by atoms with E-state index in [1.165, 1.54) is 11.0 Å². The van der Waals surface area contributed by atoms with E-state index in [9.17, 15) is 9.59 Å². The maximum Gasteiger partial charge on any atom is 0.270 e. The first-order chi connectivity index (χ1) is 13.0. The number of aryl methyl sites for hydroxylation is 1. The van der Waals surface area contributed by atoms with Crippen molar-refractivity contribution in [1.29, 1.82) is 0 Å². The molecule has 2 aliphatic heterocycles. The number of carbonyl (C=O) groups excluding carboxylic acids is 2. The van der Waals surface area contributed by atoms with Crippen LogP contribution in [0.5, 0.6) is 0 Å². The van der Waals surface area contributed by atoms with Gasteiger partial charge in [-0.05, 0) is 56.3 Å². The summed E-state index contributed by atoms with van der Waals surface area (Å²) in [5.74, 6) is 0.236. The molecule has 138 valence electrons. The highest BCUT2D eigenvalue weighted by molar-refractivity contribution is 7.80. The van der Waals surface area contributed by atoms with Crippen molar-refractivity contribution in [3.05, 3.63) is 53.3 Å². The van der Waals surface area contributed by atoms with Gasteiger partial charge >= 0.3 is 0 Å². The number of nitrogens with one attached hydrogen (secondary N) is 1. The second-order valence-corrected chi connectivity index (χ2v) is 7.05. The number of thiocarbonyl (C=S) groups is 1. The fourth-order valence-corrected chi connectivity index (χ4v) is 3.54. The van der Waals surface area contributed by atoms with Crippen molar-refractivity contribution in [2.24, 2.45) is 0 Å². The van der Waals surface area contributed by atoms with Crippen LogP contribution in [0.25, 0.3) is 6.08 Å². The van der Waals surface area contributed by atoms with E-state index >= 15 is 0 Å². The van der Waals surface area contributed by atoms with Crippen molar-refractivity contribution in [3.63, 3.8) is 0 Å². The van der Waals surface area contributed by atoms with Crippen LogP contribution in [-0.2, 0) is 9.59 Å². The topological polar surface area (TPSA) is 65.8 Å². The highest BCUT2D eigenvalue weighted by Crippen LogP contribution is 2.26. The van der Waals surface area contributed by atoms with Crippen LogP contribution in [0.3, 0.4) is 0 Å². The molecule has 0 radical (unpaired) electrons. The van der Waals surface area contributed by atoms with Gasteiger partial charge in [-0.2, -0.15) is 0 Å². The molecule has 27 heavy (non-hydrogen) atoms. The van der Waals surface area contributed by atoms with Gasteiger partial charge in [0.1, 0.15) is 11.3 Å². The first-order valence-corrected chi connectivity index (χ1v) is 9.27. The number of carbonyl (C=O) groups is 2. The normalized spacial score (nSPS) is 19.1. The summed E-state index contributed by atoms with van der Waals surface area (Å²) >= 11 is 5.21. The van der Waals surface area contributed by atoms with Crippen molar-refractivity contribution >= 4 is 46.8 Å². The first-order valence-electron chi connectivity index (χ1n) is 8.86. The molecule has 2 aromatic rings. The van der Waals surface area contributed by atoms with Gasteiger partial charge in [-0.25, -0.2) is 0 Å². The molecule has 2 aliphatic rings. The van der Waals surface area contributed by atoms with Gasteiger partial charge in [0.2, 0.25) is 0 Å². The predicted molar refractivity (Wildman–Crippen MR) is 108 cm³/mol. The van der Waals surface area contributed by atoms with Gasteiger partial charge in [0.15, 0.2) is 11.0 Å². The Balaban J connectivity index is 1.64. The molecule has 4 rings (SSSR count). The molecule has 1 aromatic carbocycles. The molecule has 1 aromatic heterocycles. The summed E-state index contributed by atoms with van der Waals surface area (Å²) < 4.78 is 5.82. The summed E-state index contributed by atoms with van der Waals surface area (Å²) in [5.41, 5.74) is 1.67. The number of furan rings is 1. The lowest BCUT2D eigenvalue weighted by molar-refractivity contribution is -0.122. The Bertz CT molecular complexity index is 940. The quantitative estimate of drug-likeness (QED) is 0.503. The van der Waals surface area contributed by atoms with Crippen LogP contribution in [-0.4, -0.2) is 30.0 Å². The Hall–Kier alpha value is -2.93. The Morgan fingerprint density at radius 1 is 1.07 bits per heavy atom. The van der Waals surface area contributed by atoms with Crippen molar-refractivity contribution in [3.8, 4) is 0 Å². The lowest BCUT2D eigenvalue weighted by Gasteiger charge is -2.28. The number of hydrogen-bond donors (Lipinski definition) is 1. The van der Waals surface area contributed by atoms with Crippen molar-refractivity contribution < 1.29 is 14.0 Å². The Morgan fingerprint density at radius 2 is 1.78 bits per heavy atom. The van der Waals surface area contributed by atoms with Crippen LogP contribution in [0.1, 0.15) is 24.2 Å². The van der Waals surface area contributed by atoms with Crippen LogP contribution in [0.2, 0.25) is 0 Å². The van der Waals surface area contributed by atoms with Gasteiger partial charge in [-0.15, -0.1) is 0 Å². The molecule has 0 bridgehead atoms.